The molecule has 1 atom stereocenters. The maximum absolute atomic E-state index is 12.5. The molecule has 1 aliphatic carbocycles. The van der Waals surface area contributed by atoms with Crippen molar-refractivity contribution in [3.8, 4) is 11.1 Å². The lowest BCUT2D eigenvalue weighted by Gasteiger charge is -2.17. The number of alkyl carbamates (subject to hydrolysis) is 1. The van der Waals surface area contributed by atoms with Crippen molar-refractivity contribution >= 4 is 23.8 Å². The van der Waals surface area contributed by atoms with Gasteiger partial charge in [0.25, 0.3) is 0 Å². The van der Waals surface area contributed by atoms with E-state index in [1.807, 2.05) is 31.2 Å². The van der Waals surface area contributed by atoms with E-state index >= 15 is 0 Å². The van der Waals surface area contributed by atoms with E-state index in [9.17, 15) is 19.5 Å². The molecule has 1 aromatic heterocycles. The van der Waals surface area contributed by atoms with Gasteiger partial charge in [0.15, 0.2) is 0 Å². The molecule has 0 bridgehead atoms. The van der Waals surface area contributed by atoms with Crippen molar-refractivity contribution in [2.24, 2.45) is 13.0 Å². The van der Waals surface area contributed by atoms with Crippen LogP contribution in [0.5, 0.6) is 0 Å². The van der Waals surface area contributed by atoms with Crippen LogP contribution in [0, 0.1) is 5.92 Å². The van der Waals surface area contributed by atoms with Crippen molar-refractivity contribution in [1.82, 2.24) is 15.1 Å². The Morgan fingerprint density at radius 2 is 1.71 bits per heavy atom. The molecule has 9 heteroatoms. The number of benzene rings is 2. The molecule has 0 spiro atoms. The molecule has 1 unspecified atom stereocenters. The minimum absolute atomic E-state index is 0.0248. The third-order valence-electron chi connectivity index (χ3n) is 6.36. The van der Waals surface area contributed by atoms with Gasteiger partial charge < -0.3 is 20.5 Å². The van der Waals surface area contributed by atoms with Gasteiger partial charge in [0.05, 0.1) is 6.20 Å². The minimum Gasteiger partial charge on any atom is -0.477 e. The van der Waals surface area contributed by atoms with Gasteiger partial charge >= 0.3 is 12.1 Å². The van der Waals surface area contributed by atoms with Crippen LogP contribution in [-0.2, 0) is 16.6 Å². The van der Waals surface area contributed by atoms with Gasteiger partial charge in [-0.25, -0.2) is 9.59 Å². The molecule has 4 rings (SSSR count). The Labute approximate surface area is 203 Å². The number of aromatic carboxylic acids is 1. The Balaban J connectivity index is 1.29. The lowest BCUT2D eigenvalue weighted by atomic mass is 9.98. The fraction of sp³-hybridized carbons (Fsp3) is 0.308. The van der Waals surface area contributed by atoms with E-state index in [0.29, 0.717) is 6.42 Å². The summed E-state index contributed by atoms with van der Waals surface area (Å²) in [5, 5.41) is 18.5. The van der Waals surface area contributed by atoms with Crippen molar-refractivity contribution in [3.05, 3.63) is 71.4 Å². The Bertz CT molecular complexity index is 1210. The van der Waals surface area contributed by atoms with Gasteiger partial charge in [-0.2, -0.15) is 5.10 Å². The number of fused-ring (bicyclic) bond motifs is 3. The number of carboxylic acids is 1. The summed E-state index contributed by atoms with van der Waals surface area (Å²) in [5.41, 5.74) is 4.52. The van der Waals surface area contributed by atoms with Crippen LogP contribution in [0.4, 0.5) is 10.6 Å². The Kier molecular flexibility index (Phi) is 7.14. The number of nitrogens with zero attached hydrogens (tertiary/aromatic N) is 2. The number of anilines is 1. The zero-order chi connectivity index (χ0) is 24.9. The number of aromatic nitrogens is 2. The molecule has 3 aromatic rings. The van der Waals surface area contributed by atoms with Crippen LogP contribution < -0.4 is 10.6 Å². The van der Waals surface area contributed by atoms with Gasteiger partial charge in [-0.3, -0.25) is 9.48 Å². The topological polar surface area (TPSA) is 123 Å². The predicted octanol–water partition coefficient (Wildman–Crippen LogP) is 4.01. The number of carboxylic acid groups (broad SMARTS) is 1. The number of hydrogen-bond acceptors (Lipinski definition) is 5. The molecule has 35 heavy (non-hydrogen) atoms. The number of carbonyl (C=O) groups is 3. The molecule has 182 valence electrons. The van der Waals surface area contributed by atoms with E-state index in [1.54, 1.807) is 7.05 Å². The molecule has 0 aliphatic heterocycles. The summed E-state index contributed by atoms with van der Waals surface area (Å²) in [4.78, 5) is 36.2. The van der Waals surface area contributed by atoms with Crippen LogP contribution >= 0.6 is 0 Å². The third kappa shape index (κ3) is 5.18. The average Bonchev–Trinajstić information content (AvgIpc) is 3.38. The van der Waals surface area contributed by atoms with Crippen LogP contribution in [0.3, 0.4) is 0 Å². The lowest BCUT2D eigenvalue weighted by molar-refractivity contribution is -0.117. The van der Waals surface area contributed by atoms with E-state index in [1.165, 1.54) is 10.9 Å². The van der Waals surface area contributed by atoms with E-state index in [-0.39, 0.29) is 48.7 Å². The molecule has 0 saturated heterocycles. The van der Waals surface area contributed by atoms with Gasteiger partial charge in [0.1, 0.15) is 18.0 Å². The van der Waals surface area contributed by atoms with Crippen LogP contribution in [0.25, 0.3) is 11.1 Å². The standard InChI is InChI=1S/C26H28N4O5/c1-3-16(12-23(31)29-24-21(25(32)33)14-28-30(24)2)13-27-26(34)35-15-22-19-10-6-4-8-17(19)18-9-5-7-11-20(18)22/h4-11,14,16,22H,3,12-13,15H2,1-2H3,(H,27,34)(H,29,31)(H,32,33). The second-order valence-electron chi connectivity index (χ2n) is 8.57. The monoisotopic (exact) mass is 476 g/mol. The molecular weight excluding hydrogens is 448 g/mol. The van der Waals surface area contributed by atoms with E-state index < -0.39 is 12.1 Å². The van der Waals surface area contributed by atoms with Crippen molar-refractivity contribution < 1.29 is 24.2 Å². The molecule has 0 fully saturated rings. The molecule has 2 amide bonds. The second kappa shape index (κ2) is 10.4. The maximum Gasteiger partial charge on any atom is 0.407 e. The largest absolute Gasteiger partial charge is 0.477 e. The van der Waals surface area contributed by atoms with E-state index in [0.717, 1.165) is 22.3 Å². The molecule has 1 aliphatic rings. The molecule has 3 N–H and O–H groups in total. The number of nitrogens with one attached hydrogen (secondary N) is 2. The summed E-state index contributed by atoms with van der Waals surface area (Å²) >= 11 is 0. The average molecular weight is 477 g/mol. The first kappa shape index (κ1) is 24.0. The number of hydrogen-bond donors (Lipinski definition) is 3. The number of ether oxygens (including phenoxy) is 1. The van der Waals surface area contributed by atoms with Crippen LogP contribution in [0.15, 0.2) is 54.7 Å². The van der Waals surface area contributed by atoms with Crippen LogP contribution in [-0.4, -0.2) is 46.0 Å². The molecule has 2 aromatic carbocycles. The number of aryl methyl sites for hydroxylation is 1. The highest BCUT2D eigenvalue weighted by Crippen LogP contribution is 2.44. The highest BCUT2D eigenvalue weighted by molar-refractivity contribution is 5.99. The molecular formula is C26H28N4O5. The Hall–Kier alpha value is -4.14. The Morgan fingerprint density at radius 1 is 1.09 bits per heavy atom. The lowest BCUT2D eigenvalue weighted by Crippen LogP contribution is -2.32. The zero-order valence-electron chi connectivity index (χ0n) is 19.7. The molecule has 1 heterocycles. The summed E-state index contributed by atoms with van der Waals surface area (Å²) < 4.78 is 6.86. The second-order valence-corrected chi connectivity index (χ2v) is 8.57. The summed E-state index contributed by atoms with van der Waals surface area (Å²) in [5.74, 6) is -1.56. The summed E-state index contributed by atoms with van der Waals surface area (Å²) in [6.07, 6.45) is 1.41. The van der Waals surface area contributed by atoms with Crippen molar-refractivity contribution in [2.75, 3.05) is 18.5 Å². The number of carbonyl (C=O) groups excluding carboxylic acids is 2. The Morgan fingerprint density at radius 3 is 2.31 bits per heavy atom. The maximum atomic E-state index is 12.5. The summed E-state index contributed by atoms with van der Waals surface area (Å²) in [7, 11) is 1.55. The van der Waals surface area contributed by atoms with Crippen molar-refractivity contribution in [2.45, 2.75) is 25.7 Å². The quantitative estimate of drug-likeness (QED) is 0.429. The minimum atomic E-state index is -1.17. The first-order valence-corrected chi connectivity index (χ1v) is 11.5. The van der Waals surface area contributed by atoms with Crippen molar-refractivity contribution in [1.29, 1.82) is 0 Å². The smallest absolute Gasteiger partial charge is 0.407 e. The highest BCUT2D eigenvalue weighted by atomic mass is 16.5. The van der Waals surface area contributed by atoms with Gasteiger partial charge in [0.2, 0.25) is 5.91 Å². The zero-order valence-corrected chi connectivity index (χ0v) is 19.7. The molecule has 9 nitrogen and oxygen atoms in total. The van der Waals surface area contributed by atoms with Gasteiger partial charge in [-0.1, -0.05) is 61.9 Å². The van der Waals surface area contributed by atoms with Gasteiger partial charge in [-0.15, -0.1) is 0 Å². The fourth-order valence-corrected chi connectivity index (χ4v) is 4.43. The first-order chi connectivity index (χ1) is 16.9. The fourth-order valence-electron chi connectivity index (χ4n) is 4.43. The highest BCUT2D eigenvalue weighted by Gasteiger charge is 2.29. The van der Waals surface area contributed by atoms with Crippen LogP contribution in [0.2, 0.25) is 0 Å². The predicted molar refractivity (Wildman–Crippen MR) is 130 cm³/mol. The SMILES string of the molecule is CCC(CNC(=O)OCC1c2ccccc2-c2ccccc21)CC(=O)Nc1c(C(=O)O)cnn1C. The van der Waals surface area contributed by atoms with E-state index in [4.69, 9.17) is 4.74 Å². The number of amides is 2. The summed E-state index contributed by atoms with van der Waals surface area (Å²) in [6.45, 7) is 2.40. The summed E-state index contributed by atoms with van der Waals surface area (Å²) in [6, 6.07) is 16.3. The van der Waals surface area contributed by atoms with E-state index in [2.05, 4.69) is 40.0 Å². The van der Waals surface area contributed by atoms with Gasteiger partial charge in [0, 0.05) is 25.9 Å². The van der Waals surface area contributed by atoms with Gasteiger partial charge in [-0.05, 0) is 28.2 Å². The molecule has 0 radical (unpaired) electrons. The van der Waals surface area contributed by atoms with Crippen molar-refractivity contribution in [3.63, 3.8) is 0 Å². The first-order valence-electron chi connectivity index (χ1n) is 11.5. The van der Waals surface area contributed by atoms with Crippen LogP contribution in [0.1, 0.15) is 47.2 Å². The molecule has 0 saturated carbocycles. The third-order valence-corrected chi connectivity index (χ3v) is 6.36. The normalized spacial score (nSPS) is 13.0. The number of rotatable bonds is 9.